The molecule has 0 spiro atoms. The lowest BCUT2D eigenvalue weighted by molar-refractivity contribution is 0.0951. The number of benzene rings is 2. The van der Waals surface area contributed by atoms with E-state index in [2.05, 4.69) is 20.9 Å². The number of likely N-dealkylation sites (tertiary alicyclic amines) is 1. The van der Waals surface area contributed by atoms with Gasteiger partial charge in [-0.05, 0) is 75.3 Å². The number of carbonyl (C=O) groups is 2. The molecule has 148 valence electrons. The van der Waals surface area contributed by atoms with Gasteiger partial charge in [0.15, 0.2) is 0 Å². The molecule has 1 aliphatic heterocycles. The highest BCUT2D eigenvalue weighted by molar-refractivity contribution is 6.00. The highest BCUT2D eigenvalue weighted by Crippen LogP contribution is 2.12. The third-order valence-corrected chi connectivity index (χ3v) is 4.82. The van der Waals surface area contributed by atoms with Crippen LogP contribution in [0.2, 0.25) is 0 Å². The first-order valence-electron chi connectivity index (χ1n) is 9.94. The van der Waals surface area contributed by atoms with Crippen molar-refractivity contribution in [3.63, 3.8) is 0 Å². The van der Waals surface area contributed by atoms with Crippen molar-refractivity contribution in [2.45, 2.75) is 25.7 Å². The van der Waals surface area contributed by atoms with Gasteiger partial charge in [0.1, 0.15) is 0 Å². The van der Waals surface area contributed by atoms with Gasteiger partial charge >= 0.3 is 6.03 Å². The van der Waals surface area contributed by atoms with Crippen LogP contribution in [-0.2, 0) is 0 Å². The van der Waals surface area contributed by atoms with E-state index < -0.39 is 0 Å². The first kappa shape index (κ1) is 19.9. The van der Waals surface area contributed by atoms with Gasteiger partial charge in [-0.2, -0.15) is 0 Å². The van der Waals surface area contributed by atoms with Crippen molar-refractivity contribution in [2.24, 2.45) is 0 Å². The fourth-order valence-electron chi connectivity index (χ4n) is 3.31. The van der Waals surface area contributed by atoms with Gasteiger partial charge in [-0.15, -0.1) is 0 Å². The number of hydrogen-bond acceptors (Lipinski definition) is 3. The summed E-state index contributed by atoms with van der Waals surface area (Å²) >= 11 is 0. The Morgan fingerprint density at radius 2 is 1.46 bits per heavy atom. The maximum atomic E-state index is 12.2. The second kappa shape index (κ2) is 10.5. The zero-order valence-electron chi connectivity index (χ0n) is 16.1. The molecule has 0 unspecified atom stereocenters. The number of nitrogens with zero attached hydrogens (tertiary/aromatic N) is 1. The fourth-order valence-corrected chi connectivity index (χ4v) is 3.31. The second-order valence-corrected chi connectivity index (χ2v) is 7.03. The van der Waals surface area contributed by atoms with E-state index in [4.69, 9.17) is 0 Å². The van der Waals surface area contributed by atoms with Crippen LogP contribution in [-0.4, -0.2) is 43.0 Å². The molecule has 6 heteroatoms. The SMILES string of the molecule is O=C(Nc1ccccc1)Nc1ccc(C(=O)NCCCN2CCCCC2)cc1. The number of hydrogen-bond donors (Lipinski definition) is 3. The van der Waals surface area contributed by atoms with Crippen molar-refractivity contribution in [3.05, 3.63) is 60.2 Å². The largest absolute Gasteiger partial charge is 0.352 e. The van der Waals surface area contributed by atoms with Crippen LogP contribution in [0.15, 0.2) is 54.6 Å². The van der Waals surface area contributed by atoms with Crippen molar-refractivity contribution >= 4 is 23.3 Å². The van der Waals surface area contributed by atoms with Crippen LogP contribution in [0.3, 0.4) is 0 Å². The summed E-state index contributed by atoms with van der Waals surface area (Å²) in [5, 5.41) is 8.48. The normalized spacial score (nSPS) is 14.3. The van der Waals surface area contributed by atoms with Crippen LogP contribution in [0.5, 0.6) is 0 Å². The monoisotopic (exact) mass is 380 g/mol. The molecule has 28 heavy (non-hydrogen) atoms. The maximum absolute atomic E-state index is 12.2. The van der Waals surface area contributed by atoms with E-state index in [1.807, 2.05) is 30.3 Å². The third-order valence-electron chi connectivity index (χ3n) is 4.82. The van der Waals surface area contributed by atoms with E-state index >= 15 is 0 Å². The summed E-state index contributed by atoms with van der Waals surface area (Å²) in [7, 11) is 0. The summed E-state index contributed by atoms with van der Waals surface area (Å²) in [6.07, 6.45) is 4.88. The standard InChI is InChI=1S/C22H28N4O2/c27-21(23-14-7-17-26-15-5-2-6-16-26)18-10-12-20(13-11-18)25-22(28)24-19-8-3-1-4-9-19/h1,3-4,8-13H,2,5-7,14-17H2,(H,23,27)(H2,24,25,28). The minimum Gasteiger partial charge on any atom is -0.352 e. The van der Waals surface area contributed by atoms with Gasteiger partial charge in [0, 0.05) is 23.5 Å². The smallest absolute Gasteiger partial charge is 0.323 e. The van der Waals surface area contributed by atoms with Crippen molar-refractivity contribution < 1.29 is 9.59 Å². The van der Waals surface area contributed by atoms with Crippen LogP contribution in [0, 0.1) is 0 Å². The predicted molar refractivity (Wildman–Crippen MR) is 113 cm³/mol. The van der Waals surface area contributed by atoms with E-state index in [9.17, 15) is 9.59 Å². The van der Waals surface area contributed by atoms with Gasteiger partial charge < -0.3 is 20.9 Å². The van der Waals surface area contributed by atoms with Gasteiger partial charge in [-0.3, -0.25) is 4.79 Å². The van der Waals surface area contributed by atoms with Crippen LogP contribution >= 0.6 is 0 Å². The van der Waals surface area contributed by atoms with E-state index in [1.54, 1.807) is 24.3 Å². The number of urea groups is 1. The Balaban J connectivity index is 1.39. The predicted octanol–water partition coefficient (Wildman–Crippen LogP) is 3.94. The molecule has 1 aliphatic rings. The van der Waals surface area contributed by atoms with Gasteiger partial charge in [-0.25, -0.2) is 4.79 Å². The zero-order chi connectivity index (χ0) is 19.6. The number of carbonyl (C=O) groups excluding carboxylic acids is 2. The molecule has 3 rings (SSSR count). The van der Waals surface area contributed by atoms with Crippen LogP contribution in [0.1, 0.15) is 36.0 Å². The molecule has 6 nitrogen and oxygen atoms in total. The minimum absolute atomic E-state index is 0.0843. The van der Waals surface area contributed by atoms with Gasteiger partial charge in [0.25, 0.3) is 5.91 Å². The molecule has 0 bridgehead atoms. The number of para-hydroxylation sites is 1. The summed E-state index contributed by atoms with van der Waals surface area (Å²) in [6.45, 7) is 4.08. The molecule has 2 aromatic rings. The lowest BCUT2D eigenvalue weighted by Crippen LogP contribution is -2.33. The van der Waals surface area contributed by atoms with E-state index in [1.165, 1.54) is 32.4 Å². The van der Waals surface area contributed by atoms with Crippen LogP contribution in [0.25, 0.3) is 0 Å². The summed E-state index contributed by atoms with van der Waals surface area (Å²) in [6, 6.07) is 15.8. The summed E-state index contributed by atoms with van der Waals surface area (Å²) in [5.74, 6) is -0.0843. The number of nitrogens with one attached hydrogen (secondary N) is 3. The summed E-state index contributed by atoms with van der Waals surface area (Å²) < 4.78 is 0. The average molecular weight is 380 g/mol. The molecule has 3 amide bonds. The summed E-state index contributed by atoms with van der Waals surface area (Å²) in [5.41, 5.74) is 1.95. The molecule has 0 aromatic heterocycles. The Morgan fingerprint density at radius 1 is 0.821 bits per heavy atom. The molecule has 3 N–H and O–H groups in total. The average Bonchev–Trinajstić information content (AvgIpc) is 2.73. The minimum atomic E-state index is -0.318. The first-order chi connectivity index (χ1) is 13.7. The van der Waals surface area contributed by atoms with Gasteiger partial charge in [0.2, 0.25) is 0 Å². The Kier molecular flexibility index (Phi) is 7.44. The van der Waals surface area contributed by atoms with E-state index in [0.717, 1.165) is 18.7 Å². The third kappa shape index (κ3) is 6.39. The molecular formula is C22H28N4O2. The Hall–Kier alpha value is -2.86. The number of amides is 3. The van der Waals surface area contributed by atoms with Crippen molar-refractivity contribution in [2.75, 3.05) is 36.8 Å². The molecule has 1 saturated heterocycles. The Labute approximate surface area is 166 Å². The van der Waals surface area contributed by atoms with Crippen molar-refractivity contribution in [1.82, 2.24) is 10.2 Å². The lowest BCUT2D eigenvalue weighted by Gasteiger charge is -2.26. The lowest BCUT2D eigenvalue weighted by atomic mass is 10.1. The molecule has 1 heterocycles. The fraction of sp³-hybridized carbons (Fsp3) is 0.364. The summed E-state index contributed by atoms with van der Waals surface area (Å²) in [4.78, 5) is 26.7. The molecule has 0 saturated carbocycles. The first-order valence-corrected chi connectivity index (χ1v) is 9.94. The second-order valence-electron chi connectivity index (χ2n) is 7.03. The molecular weight excluding hydrogens is 352 g/mol. The highest BCUT2D eigenvalue weighted by Gasteiger charge is 2.10. The number of piperidine rings is 1. The van der Waals surface area contributed by atoms with Crippen LogP contribution in [0.4, 0.5) is 16.2 Å². The van der Waals surface area contributed by atoms with Crippen LogP contribution < -0.4 is 16.0 Å². The maximum Gasteiger partial charge on any atom is 0.323 e. The topological polar surface area (TPSA) is 73.5 Å². The van der Waals surface area contributed by atoms with Gasteiger partial charge in [0.05, 0.1) is 0 Å². The Morgan fingerprint density at radius 3 is 2.14 bits per heavy atom. The van der Waals surface area contributed by atoms with Crippen molar-refractivity contribution in [1.29, 1.82) is 0 Å². The molecule has 0 atom stereocenters. The zero-order valence-corrected chi connectivity index (χ0v) is 16.1. The molecule has 1 fully saturated rings. The molecule has 0 radical (unpaired) electrons. The highest BCUT2D eigenvalue weighted by atomic mass is 16.2. The quantitative estimate of drug-likeness (QED) is 0.637. The number of rotatable bonds is 7. The molecule has 2 aromatic carbocycles. The molecule has 0 aliphatic carbocycles. The van der Waals surface area contributed by atoms with Gasteiger partial charge in [-0.1, -0.05) is 24.6 Å². The van der Waals surface area contributed by atoms with E-state index in [-0.39, 0.29) is 11.9 Å². The van der Waals surface area contributed by atoms with E-state index in [0.29, 0.717) is 17.8 Å². The Bertz CT molecular complexity index is 756. The number of anilines is 2. The van der Waals surface area contributed by atoms with Crippen molar-refractivity contribution in [3.8, 4) is 0 Å².